The minimum Gasteiger partial charge on any atom is -0.353 e. The van der Waals surface area contributed by atoms with E-state index in [2.05, 4.69) is 10.6 Å². The molecule has 7 nitrogen and oxygen atoms in total. The zero-order chi connectivity index (χ0) is 26.9. The number of halogens is 2. The number of rotatable bonds is 5. The molecule has 2 aliphatic rings. The second-order valence-electron chi connectivity index (χ2n) is 10.1. The van der Waals surface area contributed by atoms with Crippen LogP contribution in [0.5, 0.6) is 0 Å². The van der Waals surface area contributed by atoms with Crippen molar-refractivity contribution < 1.29 is 26.8 Å². The first-order valence-electron chi connectivity index (χ1n) is 12.7. The Kier molecular flexibility index (Phi) is 7.87. The van der Waals surface area contributed by atoms with Crippen LogP contribution in [0.15, 0.2) is 29.2 Å². The van der Waals surface area contributed by atoms with Gasteiger partial charge in [-0.25, -0.2) is 17.2 Å². The summed E-state index contributed by atoms with van der Waals surface area (Å²) in [4.78, 5) is 26.2. The highest BCUT2D eigenvalue weighted by atomic mass is 32.2. The van der Waals surface area contributed by atoms with Crippen LogP contribution in [0, 0.1) is 32.4 Å². The molecule has 1 aliphatic carbocycles. The van der Waals surface area contributed by atoms with E-state index in [-0.39, 0.29) is 22.3 Å². The van der Waals surface area contributed by atoms with Crippen LogP contribution in [0.1, 0.15) is 68.1 Å². The van der Waals surface area contributed by atoms with Gasteiger partial charge in [-0.2, -0.15) is 0 Å². The molecular formula is C27H33F2N3O4S. The lowest BCUT2D eigenvalue weighted by Crippen LogP contribution is -2.53. The van der Waals surface area contributed by atoms with E-state index in [0.717, 1.165) is 60.5 Å². The first kappa shape index (κ1) is 27.0. The molecule has 1 unspecified atom stereocenters. The molecule has 0 saturated heterocycles. The van der Waals surface area contributed by atoms with Gasteiger partial charge in [0.1, 0.15) is 6.04 Å². The Morgan fingerprint density at radius 1 is 0.973 bits per heavy atom. The van der Waals surface area contributed by atoms with E-state index >= 15 is 0 Å². The molecule has 2 aromatic rings. The molecule has 2 amide bonds. The van der Waals surface area contributed by atoms with Gasteiger partial charge in [0.15, 0.2) is 11.6 Å². The molecule has 2 aromatic carbocycles. The lowest BCUT2D eigenvalue weighted by atomic mass is 9.96. The molecule has 1 fully saturated rings. The number of anilines is 2. The van der Waals surface area contributed by atoms with E-state index in [1.54, 1.807) is 26.0 Å². The largest absolute Gasteiger partial charge is 0.353 e. The molecule has 1 saturated carbocycles. The smallest absolute Gasteiger partial charge is 0.265 e. The van der Waals surface area contributed by atoms with Crippen molar-refractivity contribution in [1.29, 1.82) is 0 Å². The number of nitrogens with zero attached hydrogens (tertiary/aromatic N) is 1. The summed E-state index contributed by atoms with van der Waals surface area (Å²) in [7, 11) is -4.45. The average Bonchev–Trinajstić information content (AvgIpc) is 2.76. The van der Waals surface area contributed by atoms with Gasteiger partial charge in [0.05, 0.1) is 22.7 Å². The van der Waals surface area contributed by atoms with E-state index in [9.17, 15) is 26.8 Å². The monoisotopic (exact) mass is 533 g/mol. The molecule has 0 radical (unpaired) electrons. The fourth-order valence-electron chi connectivity index (χ4n) is 5.52. The Labute approximate surface area is 216 Å². The summed E-state index contributed by atoms with van der Waals surface area (Å²) < 4.78 is 57.4. The predicted molar refractivity (Wildman–Crippen MR) is 138 cm³/mol. The first-order chi connectivity index (χ1) is 17.5. The third-order valence-corrected chi connectivity index (χ3v) is 9.22. The SMILES string of the molecule is Cc1cc(C)c(S(=O)(=O)N2c3cc(F)c(F)cc3NC(=O)C2CC(=O)NC2CCCCCCC2)c(C)c1. The van der Waals surface area contributed by atoms with Gasteiger partial charge in [-0.1, -0.05) is 49.8 Å². The van der Waals surface area contributed by atoms with Gasteiger partial charge in [-0.15, -0.1) is 0 Å². The molecule has 37 heavy (non-hydrogen) atoms. The molecule has 1 aliphatic heterocycles. The topological polar surface area (TPSA) is 95.6 Å². The zero-order valence-corrected chi connectivity index (χ0v) is 22.2. The maximum atomic E-state index is 14.4. The van der Waals surface area contributed by atoms with Gasteiger partial charge in [-0.05, 0) is 44.7 Å². The second kappa shape index (κ2) is 10.8. The number of carbonyl (C=O) groups excluding carboxylic acids is 2. The molecule has 10 heteroatoms. The van der Waals surface area contributed by atoms with Gasteiger partial charge < -0.3 is 10.6 Å². The van der Waals surface area contributed by atoms with Crippen molar-refractivity contribution in [1.82, 2.24) is 5.32 Å². The molecule has 0 bridgehead atoms. The van der Waals surface area contributed by atoms with Gasteiger partial charge in [0.25, 0.3) is 10.0 Å². The summed E-state index contributed by atoms with van der Waals surface area (Å²) in [5.74, 6) is -3.73. The predicted octanol–water partition coefficient (Wildman–Crippen LogP) is 5.03. The molecule has 200 valence electrons. The lowest BCUT2D eigenvalue weighted by Gasteiger charge is -2.37. The van der Waals surface area contributed by atoms with Crippen molar-refractivity contribution in [2.75, 3.05) is 9.62 Å². The average molecular weight is 534 g/mol. The number of fused-ring (bicyclic) bond motifs is 1. The van der Waals surface area contributed by atoms with Crippen molar-refractivity contribution in [3.63, 3.8) is 0 Å². The molecule has 0 aromatic heterocycles. The highest BCUT2D eigenvalue weighted by Gasteiger charge is 2.43. The van der Waals surface area contributed by atoms with Crippen molar-refractivity contribution in [2.24, 2.45) is 0 Å². The number of amides is 2. The summed E-state index contributed by atoms with van der Waals surface area (Å²) >= 11 is 0. The number of benzene rings is 2. The molecule has 1 heterocycles. The molecule has 1 atom stereocenters. The van der Waals surface area contributed by atoms with Crippen molar-refractivity contribution in [3.8, 4) is 0 Å². The van der Waals surface area contributed by atoms with Crippen LogP contribution in [0.2, 0.25) is 0 Å². The van der Waals surface area contributed by atoms with E-state index in [4.69, 9.17) is 0 Å². The van der Waals surface area contributed by atoms with Crippen molar-refractivity contribution >= 4 is 33.2 Å². The summed E-state index contributed by atoms with van der Waals surface area (Å²) in [5.41, 5.74) is 1.36. The number of carbonyl (C=O) groups is 2. The summed E-state index contributed by atoms with van der Waals surface area (Å²) in [6.45, 7) is 5.11. The van der Waals surface area contributed by atoms with Crippen molar-refractivity contribution in [2.45, 2.75) is 89.1 Å². The van der Waals surface area contributed by atoms with Gasteiger partial charge in [0.2, 0.25) is 11.8 Å². The summed E-state index contributed by atoms with van der Waals surface area (Å²) in [5, 5.41) is 5.43. The Balaban J connectivity index is 1.75. The maximum absolute atomic E-state index is 14.4. The molecule has 2 N–H and O–H groups in total. The highest BCUT2D eigenvalue weighted by Crippen LogP contribution is 2.40. The number of sulfonamides is 1. The quantitative estimate of drug-likeness (QED) is 0.564. The summed E-state index contributed by atoms with van der Waals surface area (Å²) in [6, 6.07) is 3.38. The third kappa shape index (κ3) is 5.63. The van der Waals surface area contributed by atoms with Crippen LogP contribution < -0.4 is 14.9 Å². The van der Waals surface area contributed by atoms with Crippen LogP contribution in [-0.4, -0.2) is 32.3 Å². The molecular weight excluding hydrogens is 500 g/mol. The van der Waals surface area contributed by atoms with E-state index < -0.39 is 45.9 Å². The van der Waals surface area contributed by atoms with E-state index in [1.807, 2.05) is 6.92 Å². The van der Waals surface area contributed by atoms with Gasteiger partial charge in [0, 0.05) is 18.2 Å². The van der Waals surface area contributed by atoms with Gasteiger partial charge in [-0.3, -0.25) is 13.9 Å². The Morgan fingerprint density at radius 3 is 2.16 bits per heavy atom. The minimum atomic E-state index is -4.45. The van der Waals surface area contributed by atoms with Crippen molar-refractivity contribution in [3.05, 3.63) is 52.6 Å². The normalized spacial score (nSPS) is 19.0. The minimum absolute atomic E-state index is 0.0334. The Morgan fingerprint density at radius 2 is 1.54 bits per heavy atom. The lowest BCUT2D eigenvalue weighted by molar-refractivity contribution is -0.125. The highest BCUT2D eigenvalue weighted by molar-refractivity contribution is 7.93. The maximum Gasteiger partial charge on any atom is 0.265 e. The Bertz CT molecular complexity index is 1300. The molecule has 0 spiro atoms. The van der Waals surface area contributed by atoms with Crippen LogP contribution in [0.3, 0.4) is 0 Å². The van der Waals surface area contributed by atoms with Crippen LogP contribution in [0.25, 0.3) is 0 Å². The fraction of sp³-hybridized carbons (Fsp3) is 0.481. The number of aryl methyl sites for hydroxylation is 3. The second-order valence-corrected chi connectivity index (χ2v) is 11.9. The van der Waals surface area contributed by atoms with Crippen LogP contribution in [-0.2, 0) is 19.6 Å². The fourth-order valence-corrected chi connectivity index (χ4v) is 7.56. The number of hydrogen-bond acceptors (Lipinski definition) is 4. The summed E-state index contributed by atoms with van der Waals surface area (Å²) in [6.07, 6.45) is 6.52. The first-order valence-corrected chi connectivity index (χ1v) is 14.1. The zero-order valence-electron chi connectivity index (χ0n) is 21.4. The van der Waals surface area contributed by atoms with E-state index in [0.29, 0.717) is 11.1 Å². The number of hydrogen-bond donors (Lipinski definition) is 2. The Hall–Kier alpha value is -3.01. The third-order valence-electron chi connectivity index (χ3n) is 7.09. The number of nitrogens with one attached hydrogen (secondary N) is 2. The molecule has 4 rings (SSSR count). The van der Waals surface area contributed by atoms with Gasteiger partial charge >= 0.3 is 0 Å². The van der Waals surface area contributed by atoms with Crippen LogP contribution >= 0.6 is 0 Å². The van der Waals surface area contributed by atoms with E-state index in [1.165, 1.54) is 6.42 Å². The van der Waals surface area contributed by atoms with Crippen LogP contribution in [0.4, 0.5) is 20.2 Å². The standard InChI is InChI=1S/C27H33F2N3O4S/c1-16-11-17(2)26(18(3)12-16)37(35,36)32-23-14-21(29)20(28)13-22(23)31-27(34)24(32)15-25(33)30-19-9-7-5-4-6-8-10-19/h11-14,19,24H,4-10,15H2,1-3H3,(H,30,33)(H,31,34).